The van der Waals surface area contributed by atoms with Crippen molar-refractivity contribution in [2.45, 2.75) is 28.9 Å². The SMILES string of the molecule is O=C1CC[C@@H](c2ccccc2)[C@@H]1S(=O)(=O)c1ccc(F)cc1. The molecule has 0 spiro atoms. The van der Waals surface area contributed by atoms with Gasteiger partial charge in [-0.15, -0.1) is 0 Å². The Labute approximate surface area is 128 Å². The zero-order valence-corrected chi connectivity index (χ0v) is 12.6. The van der Waals surface area contributed by atoms with Gasteiger partial charge in [0.2, 0.25) is 0 Å². The van der Waals surface area contributed by atoms with Crippen molar-refractivity contribution in [2.24, 2.45) is 0 Å². The summed E-state index contributed by atoms with van der Waals surface area (Å²) in [7, 11) is -3.82. The molecule has 2 aromatic carbocycles. The number of ketones is 1. The summed E-state index contributed by atoms with van der Waals surface area (Å²) < 4.78 is 38.6. The second kappa shape index (κ2) is 5.65. The fourth-order valence-electron chi connectivity index (χ4n) is 3.02. The number of hydrogen-bond acceptors (Lipinski definition) is 3. The Morgan fingerprint density at radius 2 is 1.59 bits per heavy atom. The summed E-state index contributed by atoms with van der Waals surface area (Å²) in [5.74, 6) is -1.11. The molecule has 0 radical (unpaired) electrons. The Hall–Kier alpha value is -2.01. The van der Waals surface area contributed by atoms with Crippen molar-refractivity contribution in [3.63, 3.8) is 0 Å². The van der Waals surface area contributed by atoms with Crippen LogP contribution in [0.2, 0.25) is 0 Å². The Morgan fingerprint density at radius 1 is 0.955 bits per heavy atom. The lowest BCUT2D eigenvalue weighted by atomic mass is 9.97. The first-order valence-corrected chi connectivity index (χ1v) is 8.62. The van der Waals surface area contributed by atoms with E-state index in [1.807, 2.05) is 30.3 Å². The molecule has 1 aliphatic carbocycles. The number of hydrogen-bond donors (Lipinski definition) is 0. The van der Waals surface area contributed by atoms with Crippen LogP contribution in [0.3, 0.4) is 0 Å². The van der Waals surface area contributed by atoms with Crippen LogP contribution in [0, 0.1) is 5.82 Å². The predicted octanol–water partition coefficient (Wildman–Crippen LogP) is 3.11. The lowest BCUT2D eigenvalue weighted by molar-refractivity contribution is -0.117. The van der Waals surface area contributed by atoms with E-state index in [1.165, 1.54) is 12.1 Å². The van der Waals surface area contributed by atoms with Gasteiger partial charge in [0.15, 0.2) is 15.6 Å². The van der Waals surface area contributed by atoms with Crippen LogP contribution in [-0.4, -0.2) is 19.5 Å². The maximum Gasteiger partial charge on any atom is 0.188 e. The van der Waals surface area contributed by atoms with Crippen LogP contribution in [0.1, 0.15) is 24.3 Å². The van der Waals surface area contributed by atoms with E-state index < -0.39 is 20.9 Å². The second-order valence-electron chi connectivity index (χ2n) is 5.44. The van der Waals surface area contributed by atoms with Gasteiger partial charge in [-0.1, -0.05) is 30.3 Å². The highest BCUT2D eigenvalue weighted by molar-refractivity contribution is 7.92. The van der Waals surface area contributed by atoms with Crippen LogP contribution in [0.25, 0.3) is 0 Å². The van der Waals surface area contributed by atoms with Gasteiger partial charge in [-0.25, -0.2) is 12.8 Å². The third-order valence-electron chi connectivity index (χ3n) is 4.09. The van der Waals surface area contributed by atoms with Crippen molar-refractivity contribution in [3.8, 4) is 0 Å². The van der Waals surface area contributed by atoms with E-state index in [9.17, 15) is 17.6 Å². The first-order valence-electron chi connectivity index (χ1n) is 7.07. The molecule has 114 valence electrons. The van der Waals surface area contributed by atoms with E-state index in [0.29, 0.717) is 6.42 Å². The van der Waals surface area contributed by atoms with Crippen LogP contribution in [0.15, 0.2) is 59.5 Å². The quantitative estimate of drug-likeness (QED) is 0.817. The minimum atomic E-state index is -3.82. The molecule has 3 nitrogen and oxygen atoms in total. The fraction of sp³-hybridized carbons (Fsp3) is 0.235. The van der Waals surface area contributed by atoms with Crippen molar-refractivity contribution in [1.29, 1.82) is 0 Å². The van der Waals surface area contributed by atoms with Gasteiger partial charge in [-0.05, 0) is 36.2 Å². The largest absolute Gasteiger partial charge is 0.298 e. The van der Waals surface area contributed by atoms with Gasteiger partial charge in [-0.3, -0.25) is 4.79 Å². The van der Waals surface area contributed by atoms with Crippen LogP contribution in [0.5, 0.6) is 0 Å². The van der Waals surface area contributed by atoms with E-state index in [2.05, 4.69) is 0 Å². The molecular formula is C17H15FO3S. The van der Waals surface area contributed by atoms with Gasteiger partial charge in [0, 0.05) is 12.3 Å². The lowest BCUT2D eigenvalue weighted by Crippen LogP contribution is -2.30. The van der Waals surface area contributed by atoms with E-state index >= 15 is 0 Å². The molecule has 1 saturated carbocycles. The second-order valence-corrected chi connectivity index (χ2v) is 7.51. The summed E-state index contributed by atoms with van der Waals surface area (Å²) in [5, 5.41) is -1.08. The maximum atomic E-state index is 13.0. The van der Waals surface area contributed by atoms with E-state index in [4.69, 9.17) is 0 Å². The van der Waals surface area contributed by atoms with Gasteiger partial charge < -0.3 is 0 Å². The van der Waals surface area contributed by atoms with Gasteiger partial charge in [0.1, 0.15) is 11.1 Å². The fourth-order valence-corrected chi connectivity index (χ4v) is 5.02. The maximum absolute atomic E-state index is 13.0. The average Bonchev–Trinajstić information content (AvgIpc) is 2.91. The molecule has 1 aliphatic rings. The topological polar surface area (TPSA) is 51.2 Å². The zero-order chi connectivity index (χ0) is 15.7. The number of halogens is 1. The Kier molecular flexibility index (Phi) is 3.83. The van der Waals surface area contributed by atoms with Crippen LogP contribution in [-0.2, 0) is 14.6 Å². The van der Waals surface area contributed by atoms with Crippen LogP contribution >= 0.6 is 0 Å². The molecular weight excluding hydrogens is 303 g/mol. The monoisotopic (exact) mass is 318 g/mol. The summed E-state index contributed by atoms with van der Waals surface area (Å²) in [6, 6.07) is 13.8. The number of benzene rings is 2. The third-order valence-corrected chi connectivity index (χ3v) is 6.28. The molecule has 5 heteroatoms. The molecule has 0 N–H and O–H groups in total. The first-order chi connectivity index (χ1) is 10.5. The molecule has 0 amide bonds. The summed E-state index contributed by atoms with van der Waals surface area (Å²) in [6.45, 7) is 0. The van der Waals surface area contributed by atoms with Crippen molar-refractivity contribution < 1.29 is 17.6 Å². The molecule has 2 aromatic rings. The van der Waals surface area contributed by atoms with Crippen LogP contribution in [0.4, 0.5) is 4.39 Å². The normalized spacial score (nSPS) is 22.0. The molecule has 0 saturated heterocycles. The van der Waals surface area contributed by atoms with Crippen molar-refractivity contribution >= 4 is 15.6 Å². The number of carbonyl (C=O) groups is 1. The van der Waals surface area contributed by atoms with E-state index in [-0.39, 0.29) is 23.0 Å². The Balaban J connectivity index is 2.03. The average molecular weight is 318 g/mol. The summed E-state index contributed by atoms with van der Waals surface area (Å²) >= 11 is 0. The number of rotatable bonds is 3. The van der Waals surface area contributed by atoms with Gasteiger partial charge in [0.25, 0.3) is 0 Å². The molecule has 0 unspecified atom stereocenters. The highest BCUT2D eigenvalue weighted by Gasteiger charge is 2.45. The van der Waals surface area contributed by atoms with Crippen LogP contribution < -0.4 is 0 Å². The molecule has 1 fully saturated rings. The molecule has 0 aromatic heterocycles. The summed E-state index contributed by atoms with van der Waals surface area (Å²) in [6.07, 6.45) is 0.776. The molecule has 22 heavy (non-hydrogen) atoms. The van der Waals surface area contributed by atoms with Crippen molar-refractivity contribution in [3.05, 3.63) is 66.0 Å². The molecule has 2 atom stereocenters. The molecule has 0 heterocycles. The Morgan fingerprint density at radius 3 is 2.23 bits per heavy atom. The predicted molar refractivity (Wildman–Crippen MR) is 80.8 cm³/mol. The standard InChI is InChI=1S/C17H15FO3S/c18-13-6-8-14(9-7-13)22(20,21)17-15(10-11-16(17)19)12-4-2-1-3-5-12/h1-9,15,17H,10-11H2/t15-,17-/m0/s1. The van der Waals surface area contributed by atoms with Gasteiger partial charge >= 0.3 is 0 Å². The molecule has 0 bridgehead atoms. The number of sulfone groups is 1. The third kappa shape index (κ3) is 2.57. The summed E-state index contributed by atoms with van der Waals surface area (Å²) in [5.41, 5.74) is 0.851. The number of carbonyl (C=O) groups excluding carboxylic acids is 1. The van der Waals surface area contributed by atoms with E-state index in [1.54, 1.807) is 0 Å². The smallest absolute Gasteiger partial charge is 0.188 e. The first kappa shape index (κ1) is 14.9. The minimum absolute atomic E-state index is 0.00455. The Bertz CT molecular complexity index is 782. The van der Waals surface area contributed by atoms with Crippen molar-refractivity contribution in [2.75, 3.05) is 0 Å². The van der Waals surface area contributed by atoms with Gasteiger partial charge in [0.05, 0.1) is 4.90 Å². The number of Topliss-reactive ketones (excluding diaryl/α,β-unsaturated/α-hetero) is 1. The summed E-state index contributed by atoms with van der Waals surface area (Å²) in [4.78, 5) is 12.2. The highest BCUT2D eigenvalue weighted by atomic mass is 32.2. The molecule has 3 rings (SSSR count). The minimum Gasteiger partial charge on any atom is -0.298 e. The van der Waals surface area contributed by atoms with Gasteiger partial charge in [-0.2, -0.15) is 0 Å². The molecule has 0 aliphatic heterocycles. The zero-order valence-electron chi connectivity index (χ0n) is 11.8. The van der Waals surface area contributed by atoms with Crippen molar-refractivity contribution in [1.82, 2.24) is 0 Å². The van der Waals surface area contributed by atoms with E-state index in [0.717, 1.165) is 17.7 Å². The lowest BCUT2D eigenvalue weighted by Gasteiger charge is -2.19. The highest BCUT2D eigenvalue weighted by Crippen LogP contribution is 2.39.